The van der Waals surface area contributed by atoms with Gasteiger partial charge in [-0.3, -0.25) is 4.79 Å². The molecule has 5 nitrogen and oxygen atoms in total. The summed E-state index contributed by atoms with van der Waals surface area (Å²) < 4.78 is 25.4. The highest BCUT2D eigenvalue weighted by Crippen LogP contribution is 2.22. The van der Waals surface area contributed by atoms with Crippen LogP contribution in [0, 0.1) is 5.92 Å². The molecule has 6 heteroatoms. The first-order chi connectivity index (χ1) is 8.38. The Bertz CT molecular complexity index is 379. The quantitative estimate of drug-likeness (QED) is 0.786. The number of amides is 1. The van der Waals surface area contributed by atoms with Crippen molar-refractivity contribution in [2.45, 2.75) is 46.1 Å². The molecular weight excluding hydrogens is 252 g/mol. The molecule has 1 rings (SSSR count). The Labute approximate surface area is 110 Å². The molecule has 1 saturated heterocycles. The molecule has 0 bridgehead atoms. The van der Waals surface area contributed by atoms with Gasteiger partial charge in [0, 0.05) is 13.1 Å². The van der Waals surface area contributed by atoms with Crippen molar-refractivity contribution in [1.82, 2.24) is 9.62 Å². The average molecular weight is 276 g/mol. The molecule has 1 heterocycles. The Morgan fingerprint density at radius 3 is 2.67 bits per heavy atom. The minimum absolute atomic E-state index is 0.126. The van der Waals surface area contributed by atoms with Crippen LogP contribution in [-0.2, 0) is 14.8 Å². The Balaban J connectivity index is 2.67. The molecule has 1 aliphatic heterocycles. The second kappa shape index (κ2) is 6.52. The predicted octanol–water partition coefficient (Wildman–Crippen LogP) is 0.963. The van der Waals surface area contributed by atoms with Crippen LogP contribution in [0.4, 0.5) is 0 Å². The summed E-state index contributed by atoms with van der Waals surface area (Å²) >= 11 is 0. The van der Waals surface area contributed by atoms with Gasteiger partial charge in [0.2, 0.25) is 15.9 Å². The molecule has 0 radical (unpaired) electrons. The van der Waals surface area contributed by atoms with Crippen LogP contribution in [0.2, 0.25) is 0 Å². The van der Waals surface area contributed by atoms with Gasteiger partial charge in [0.15, 0.2) is 0 Å². The topological polar surface area (TPSA) is 66.5 Å². The van der Waals surface area contributed by atoms with Crippen molar-refractivity contribution in [3.8, 4) is 0 Å². The summed E-state index contributed by atoms with van der Waals surface area (Å²) in [7, 11) is -3.27. The summed E-state index contributed by atoms with van der Waals surface area (Å²) in [5.74, 6) is 0.345. The van der Waals surface area contributed by atoms with E-state index in [0.717, 1.165) is 6.42 Å². The van der Waals surface area contributed by atoms with E-state index in [1.54, 1.807) is 0 Å². The van der Waals surface area contributed by atoms with Crippen molar-refractivity contribution < 1.29 is 13.2 Å². The van der Waals surface area contributed by atoms with Gasteiger partial charge in [-0.05, 0) is 25.2 Å². The second-order valence-corrected chi connectivity index (χ2v) is 7.26. The zero-order chi connectivity index (χ0) is 13.8. The molecule has 0 aliphatic carbocycles. The van der Waals surface area contributed by atoms with Crippen molar-refractivity contribution in [2.75, 3.05) is 18.8 Å². The number of nitrogens with one attached hydrogen (secondary N) is 1. The summed E-state index contributed by atoms with van der Waals surface area (Å²) in [5, 5.41) is 2.82. The van der Waals surface area contributed by atoms with E-state index in [-0.39, 0.29) is 11.7 Å². The van der Waals surface area contributed by atoms with E-state index < -0.39 is 16.1 Å². The van der Waals surface area contributed by atoms with E-state index >= 15 is 0 Å². The lowest BCUT2D eigenvalue weighted by Gasteiger charge is -2.23. The number of carbonyl (C=O) groups is 1. The SMILES string of the molecule is CCCS(=O)(=O)N1CCCC1C(=O)NCC(C)C. The van der Waals surface area contributed by atoms with Crippen molar-refractivity contribution in [2.24, 2.45) is 5.92 Å². The first-order valence-electron chi connectivity index (χ1n) is 6.65. The number of rotatable bonds is 6. The number of sulfonamides is 1. The van der Waals surface area contributed by atoms with Crippen molar-refractivity contribution in [3.63, 3.8) is 0 Å². The molecule has 1 N–H and O–H groups in total. The second-order valence-electron chi connectivity index (χ2n) is 5.22. The predicted molar refractivity (Wildman–Crippen MR) is 71.7 cm³/mol. The third kappa shape index (κ3) is 3.95. The maximum atomic E-state index is 12.0. The monoisotopic (exact) mass is 276 g/mol. The highest BCUT2D eigenvalue weighted by atomic mass is 32.2. The summed E-state index contributed by atoms with van der Waals surface area (Å²) in [6, 6.07) is -0.500. The van der Waals surface area contributed by atoms with Crippen LogP contribution in [0.5, 0.6) is 0 Å². The number of hydrogen-bond donors (Lipinski definition) is 1. The third-order valence-corrected chi connectivity index (χ3v) is 5.09. The normalized spacial score (nSPS) is 21.4. The average Bonchev–Trinajstić information content (AvgIpc) is 2.75. The molecule has 18 heavy (non-hydrogen) atoms. The van der Waals surface area contributed by atoms with Crippen LogP contribution >= 0.6 is 0 Å². The van der Waals surface area contributed by atoms with Crippen molar-refractivity contribution in [3.05, 3.63) is 0 Å². The molecule has 0 saturated carbocycles. The number of nitrogens with zero attached hydrogens (tertiary/aromatic N) is 1. The van der Waals surface area contributed by atoms with Gasteiger partial charge in [0.25, 0.3) is 0 Å². The van der Waals surface area contributed by atoms with E-state index in [4.69, 9.17) is 0 Å². The molecule has 1 atom stereocenters. The van der Waals surface area contributed by atoms with Gasteiger partial charge in [-0.15, -0.1) is 0 Å². The molecule has 1 unspecified atom stereocenters. The summed E-state index contributed by atoms with van der Waals surface area (Å²) in [6.07, 6.45) is 1.98. The minimum atomic E-state index is -3.27. The summed E-state index contributed by atoms with van der Waals surface area (Å²) in [5.41, 5.74) is 0. The van der Waals surface area contributed by atoms with Gasteiger partial charge in [-0.25, -0.2) is 8.42 Å². The van der Waals surface area contributed by atoms with Gasteiger partial charge in [0.05, 0.1) is 5.75 Å². The fraction of sp³-hybridized carbons (Fsp3) is 0.917. The molecule has 0 spiro atoms. The zero-order valence-electron chi connectivity index (χ0n) is 11.5. The third-order valence-electron chi connectivity index (χ3n) is 3.01. The molecule has 106 valence electrons. The van der Waals surface area contributed by atoms with Crippen LogP contribution in [-0.4, -0.2) is 43.5 Å². The van der Waals surface area contributed by atoms with Crippen LogP contribution in [0.25, 0.3) is 0 Å². The van der Waals surface area contributed by atoms with E-state index in [1.165, 1.54) is 4.31 Å². The molecule has 1 fully saturated rings. The first-order valence-corrected chi connectivity index (χ1v) is 8.26. The zero-order valence-corrected chi connectivity index (χ0v) is 12.3. The van der Waals surface area contributed by atoms with E-state index in [2.05, 4.69) is 5.32 Å². The molecule has 0 aromatic heterocycles. The highest BCUT2D eigenvalue weighted by Gasteiger charge is 2.37. The lowest BCUT2D eigenvalue weighted by molar-refractivity contribution is -0.124. The van der Waals surface area contributed by atoms with E-state index in [9.17, 15) is 13.2 Å². The van der Waals surface area contributed by atoms with Crippen LogP contribution in [0.15, 0.2) is 0 Å². The van der Waals surface area contributed by atoms with Crippen LogP contribution < -0.4 is 5.32 Å². The van der Waals surface area contributed by atoms with Gasteiger partial charge in [0.1, 0.15) is 6.04 Å². The van der Waals surface area contributed by atoms with Crippen LogP contribution in [0.1, 0.15) is 40.0 Å². The minimum Gasteiger partial charge on any atom is -0.354 e. The van der Waals surface area contributed by atoms with E-state index in [1.807, 2.05) is 20.8 Å². The Morgan fingerprint density at radius 1 is 1.44 bits per heavy atom. The largest absolute Gasteiger partial charge is 0.354 e. The Hall–Kier alpha value is -0.620. The van der Waals surface area contributed by atoms with Gasteiger partial charge < -0.3 is 5.32 Å². The Morgan fingerprint density at radius 2 is 2.11 bits per heavy atom. The molecule has 1 aliphatic rings. The fourth-order valence-corrected chi connectivity index (χ4v) is 3.88. The lowest BCUT2D eigenvalue weighted by Crippen LogP contribution is -2.47. The summed E-state index contributed by atoms with van der Waals surface area (Å²) in [4.78, 5) is 12.0. The van der Waals surface area contributed by atoms with Crippen LogP contribution in [0.3, 0.4) is 0 Å². The standard InChI is InChI=1S/C12H24N2O3S/c1-4-8-18(16,17)14-7-5-6-11(14)12(15)13-9-10(2)3/h10-11H,4-9H2,1-3H3,(H,13,15). The molecule has 0 aromatic rings. The van der Waals surface area contributed by atoms with Crippen molar-refractivity contribution >= 4 is 15.9 Å². The number of hydrogen-bond acceptors (Lipinski definition) is 3. The molecule has 0 aromatic carbocycles. The molecule has 1 amide bonds. The maximum Gasteiger partial charge on any atom is 0.238 e. The van der Waals surface area contributed by atoms with Gasteiger partial charge in [-0.2, -0.15) is 4.31 Å². The smallest absolute Gasteiger partial charge is 0.238 e. The fourth-order valence-electron chi connectivity index (χ4n) is 2.13. The Kier molecular flexibility index (Phi) is 5.59. The summed E-state index contributed by atoms with van der Waals surface area (Å²) in [6.45, 7) is 6.93. The maximum absolute atomic E-state index is 12.0. The number of carbonyl (C=O) groups excluding carboxylic acids is 1. The highest BCUT2D eigenvalue weighted by molar-refractivity contribution is 7.89. The van der Waals surface area contributed by atoms with E-state index in [0.29, 0.717) is 31.8 Å². The van der Waals surface area contributed by atoms with Gasteiger partial charge >= 0.3 is 0 Å². The lowest BCUT2D eigenvalue weighted by atomic mass is 10.2. The molecular formula is C12H24N2O3S. The van der Waals surface area contributed by atoms with Gasteiger partial charge in [-0.1, -0.05) is 20.8 Å². The first kappa shape index (κ1) is 15.4. The van der Waals surface area contributed by atoms with Crippen molar-refractivity contribution in [1.29, 1.82) is 0 Å².